The lowest BCUT2D eigenvalue weighted by molar-refractivity contribution is 0.0600. The summed E-state index contributed by atoms with van der Waals surface area (Å²) in [5, 5.41) is 0. The van der Waals surface area contributed by atoms with Gasteiger partial charge in [-0.25, -0.2) is 4.79 Å². The number of hydrogen-bond donors (Lipinski definition) is 1. The molecule has 0 heterocycles. The fourth-order valence-electron chi connectivity index (χ4n) is 1.24. The second-order valence-corrected chi connectivity index (χ2v) is 4.56. The summed E-state index contributed by atoms with van der Waals surface area (Å²) in [6, 6.07) is 4.91. The topological polar surface area (TPSA) is 75.4 Å². The molecule has 1 atom stereocenters. The summed E-state index contributed by atoms with van der Waals surface area (Å²) < 4.78 is 15.7. The SMILES string of the molecule is COC(=O)c1cc(N)ccc1C[S+](C)[O-]. The highest BCUT2D eigenvalue weighted by molar-refractivity contribution is 7.89. The van der Waals surface area contributed by atoms with E-state index in [0.29, 0.717) is 22.6 Å². The summed E-state index contributed by atoms with van der Waals surface area (Å²) in [7, 11) is 1.30. The first-order chi connectivity index (χ1) is 7.04. The zero-order chi connectivity index (χ0) is 11.4. The van der Waals surface area contributed by atoms with E-state index in [9.17, 15) is 9.35 Å². The Labute approximate surface area is 91.6 Å². The van der Waals surface area contributed by atoms with Gasteiger partial charge in [0.15, 0.2) is 0 Å². The van der Waals surface area contributed by atoms with E-state index in [-0.39, 0.29) is 0 Å². The lowest BCUT2D eigenvalue weighted by Gasteiger charge is -2.09. The van der Waals surface area contributed by atoms with Crippen molar-refractivity contribution in [3.63, 3.8) is 0 Å². The molecular weight excluding hydrogens is 214 g/mol. The van der Waals surface area contributed by atoms with Gasteiger partial charge in [-0.05, 0) is 12.1 Å². The Morgan fingerprint density at radius 2 is 2.27 bits per heavy atom. The average molecular weight is 227 g/mol. The molecule has 0 saturated carbocycles. The highest BCUT2D eigenvalue weighted by atomic mass is 32.2. The van der Waals surface area contributed by atoms with Gasteiger partial charge in [0.05, 0.1) is 18.9 Å². The molecule has 0 aliphatic carbocycles. The van der Waals surface area contributed by atoms with Crippen molar-refractivity contribution in [2.24, 2.45) is 0 Å². The summed E-state index contributed by atoms with van der Waals surface area (Å²) in [6.07, 6.45) is 1.58. The van der Waals surface area contributed by atoms with Crippen molar-refractivity contribution in [3.05, 3.63) is 29.3 Å². The van der Waals surface area contributed by atoms with E-state index in [0.717, 1.165) is 0 Å². The van der Waals surface area contributed by atoms with E-state index < -0.39 is 17.1 Å². The second-order valence-electron chi connectivity index (χ2n) is 3.13. The minimum atomic E-state index is -1.00. The van der Waals surface area contributed by atoms with E-state index in [1.165, 1.54) is 13.2 Å². The predicted molar refractivity (Wildman–Crippen MR) is 60.0 cm³/mol. The summed E-state index contributed by atoms with van der Waals surface area (Å²) in [6.45, 7) is 0. The molecule has 82 valence electrons. The van der Waals surface area contributed by atoms with Crippen LogP contribution in [0, 0.1) is 0 Å². The van der Waals surface area contributed by atoms with Gasteiger partial charge in [0.1, 0.15) is 5.75 Å². The van der Waals surface area contributed by atoms with Crippen LogP contribution < -0.4 is 5.73 Å². The number of benzene rings is 1. The van der Waals surface area contributed by atoms with Gasteiger partial charge in [0.2, 0.25) is 0 Å². The number of anilines is 1. The zero-order valence-electron chi connectivity index (χ0n) is 8.65. The van der Waals surface area contributed by atoms with Crippen molar-refractivity contribution in [1.29, 1.82) is 0 Å². The van der Waals surface area contributed by atoms with Crippen LogP contribution >= 0.6 is 0 Å². The third-order valence-corrected chi connectivity index (χ3v) is 2.62. The fourth-order valence-corrected chi connectivity index (χ4v) is 1.93. The van der Waals surface area contributed by atoms with Crippen LogP contribution in [0.1, 0.15) is 15.9 Å². The number of nitrogens with two attached hydrogens (primary N) is 1. The Balaban J connectivity index is 3.08. The first-order valence-electron chi connectivity index (χ1n) is 4.31. The first kappa shape index (κ1) is 11.9. The van der Waals surface area contributed by atoms with Gasteiger partial charge in [0.25, 0.3) is 0 Å². The van der Waals surface area contributed by atoms with Gasteiger partial charge < -0.3 is 15.0 Å². The molecule has 2 N–H and O–H groups in total. The third-order valence-electron chi connectivity index (χ3n) is 1.90. The van der Waals surface area contributed by atoms with E-state index in [1.54, 1.807) is 18.4 Å². The normalized spacial score (nSPS) is 12.2. The number of hydrogen-bond acceptors (Lipinski definition) is 4. The Kier molecular flexibility index (Phi) is 3.99. The highest BCUT2D eigenvalue weighted by Crippen LogP contribution is 2.17. The van der Waals surface area contributed by atoms with Crippen LogP contribution in [0.2, 0.25) is 0 Å². The van der Waals surface area contributed by atoms with Crippen LogP contribution in [0.4, 0.5) is 5.69 Å². The molecule has 0 bridgehead atoms. The maximum atomic E-state index is 11.4. The number of carbonyl (C=O) groups excluding carboxylic acids is 1. The van der Waals surface area contributed by atoms with Crippen LogP contribution in [0.25, 0.3) is 0 Å². The van der Waals surface area contributed by atoms with Gasteiger partial charge in [-0.1, -0.05) is 17.2 Å². The molecule has 1 rings (SSSR count). The molecule has 0 amide bonds. The highest BCUT2D eigenvalue weighted by Gasteiger charge is 2.14. The largest absolute Gasteiger partial charge is 0.616 e. The van der Waals surface area contributed by atoms with E-state index >= 15 is 0 Å². The monoisotopic (exact) mass is 227 g/mol. The molecular formula is C10H13NO3S. The summed E-state index contributed by atoms with van der Waals surface area (Å²) in [4.78, 5) is 11.4. The molecule has 5 heteroatoms. The van der Waals surface area contributed by atoms with Crippen LogP contribution in [0.15, 0.2) is 18.2 Å². The molecule has 0 radical (unpaired) electrons. The molecule has 0 spiro atoms. The summed E-state index contributed by atoms with van der Waals surface area (Å²) >= 11 is -1.00. The molecule has 0 aromatic heterocycles. The number of ether oxygens (including phenoxy) is 1. The number of methoxy groups -OCH3 is 1. The van der Waals surface area contributed by atoms with Gasteiger partial charge in [0, 0.05) is 11.3 Å². The van der Waals surface area contributed by atoms with Crippen molar-refractivity contribution >= 4 is 22.8 Å². The quantitative estimate of drug-likeness (QED) is 0.473. The molecule has 0 aliphatic rings. The smallest absolute Gasteiger partial charge is 0.338 e. The Morgan fingerprint density at radius 3 is 2.80 bits per heavy atom. The van der Waals surface area contributed by atoms with Gasteiger partial charge in [-0.2, -0.15) is 0 Å². The van der Waals surface area contributed by atoms with Crippen molar-refractivity contribution in [2.45, 2.75) is 5.75 Å². The predicted octanol–water partition coefficient (Wildman–Crippen LogP) is 0.934. The van der Waals surface area contributed by atoms with E-state index in [2.05, 4.69) is 4.74 Å². The third kappa shape index (κ3) is 3.14. The Morgan fingerprint density at radius 1 is 1.60 bits per heavy atom. The minimum absolute atomic E-state index is 0.324. The summed E-state index contributed by atoms with van der Waals surface area (Å²) in [5.74, 6) is -0.132. The minimum Gasteiger partial charge on any atom is -0.616 e. The lowest BCUT2D eigenvalue weighted by atomic mass is 10.1. The van der Waals surface area contributed by atoms with Crippen LogP contribution in [-0.2, 0) is 21.7 Å². The van der Waals surface area contributed by atoms with Gasteiger partial charge in [-0.15, -0.1) is 0 Å². The molecule has 1 aromatic rings. The molecule has 1 unspecified atom stereocenters. The fraction of sp³-hybridized carbons (Fsp3) is 0.300. The average Bonchev–Trinajstić information content (AvgIpc) is 2.19. The maximum absolute atomic E-state index is 11.4. The maximum Gasteiger partial charge on any atom is 0.338 e. The Bertz CT molecular complexity index is 366. The molecule has 0 saturated heterocycles. The number of carbonyl (C=O) groups is 1. The van der Waals surface area contributed by atoms with Crippen LogP contribution in [0.3, 0.4) is 0 Å². The van der Waals surface area contributed by atoms with E-state index in [4.69, 9.17) is 5.73 Å². The zero-order valence-corrected chi connectivity index (χ0v) is 9.47. The molecule has 15 heavy (non-hydrogen) atoms. The van der Waals surface area contributed by atoms with Crippen molar-refractivity contribution in [2.75, 3.05) is 19.1 Å². The standard InChI is InChI=1S/C10H13NO3S/c1-14-10(12)9-5-8(11)4-3-7(9)6-15(2)13/h3-5H,6,11H2,1-2H3. The number of rotatable bonds is 3. The Hall–Kier alpha value is -1.20. The molecule has 0 fully saturated rings. The van der Waals surface area contributed by atoms with Crippen molar-refractivity contribution in [3.8, 4) is 0 Å². The van der Waals surface area contributed by atoms with Crippen molar-refractivity contribution < 1.29 is 14.1 Å². The summed E-state index contributed by atoms with van der Waals surface area (Å²) in [5.41, 5.74) is 7.13. The molecule has 4 nitrogen and oxygen atoms in total. The first-order valence-corrected chi connectivity index (χ1v) is 6.04. The van der Waals surface area contributed by atoms with Crippen LogP contribution in [0.5, 0.6) is 0 Å². The molecule has 1 aromatic carbocycles. The number of esters is 1. The second kappa shape index (κ2) is 5.04. The number of nitrogen functional groups attached to an aromatic ring is 1. The lowest BCUT2D eigenvalue weighted by Crippen LogP contribution is -2.10. The van der Waals surface area contributed by atoms with E-state index in [1.807, 2.05) is 0 Å². The molecule has 0 aliphatic heterocycles. The van der Waals surface area contributed by atoms with Gasteiger partial charge >= 0.3 is 5.97 Å². The van der Waals surface area contributed by atoms with Crippen LogP contribution in [-0.4, -0.2) is 23.9 Å². The van der Waals surface area contributed by atoms with Crippen molar-refractivity contribution in [1.82, 2.24) is 0 Å². The van der Waals surface area contributed by atoms with Gasteiger partial charge in [-0.3, -0.25) is 0 Å².